The molecule has 1 atom stereocenters. The largest absolute Gasteiger partial charge is 0.463 e. The third-order valence-corrected chi connectivity index (χ3v) is 4.82. The van der Waals surface area contributed by atoms with Crippen LogP contribution in [0.4, 0.5) is 4.39 Å². The molecule has 0 amide bonds. The molecule has 1 aromatic carbocycles. The zero-order chi connectivity index (χ0) is 17.5. The molecule has 0 radical (unpaired) electrons. The third-order valence-electron chi connectivity index (χ3n) is 4.82. The fourth-order valence-electron chi connectivity index (χ4n) is 3.71. The van der Waals surface area contributed by atoms with Crippen molar-refractivity contribution in [3.8, 4) is 0 Å². The monoisotopic (exact) mass is 333 g/mol. The van der Waals surface area contributed by atoms with Crippen molar-refractivity contribution in [2.45, 2.75) is 38.6 Å². The van der Waals surface area contributed by atoms with Crippen LogP contribution in [0.1, 0.15) is 44.2 Å². The van der Waals surface area contributed by atoms with Gasteiger partial charge < -0.3 is 9.64 Å². The quantitative estimate of drug-likeness (QED) is 0.572. The van der Waals surface area contributed by atoms with Gasteiger partial charge in [-0.3, -0.25) is 0 Å². The number of allylic oxidation sites excluding steroid dienone is 1. The molecule has 0 N–H and O–H groups in total. The molecule has 4 heteroatoms. The minimum absolute atomic E-state index is 0.191. The van der Waals surface area contributed by atoms with Crippen molar-refractivity contribution in [2.24, 2.45) is 11.8 Å². The van der Waals surface area contributed by atoms with Crippen LogP contribution in [0.3, 0.4) is 0 Å². The highest BCUT2D eigenvalue weighted by Crippen LogP contribution is 2.39. The van der Waals surface area contributed by atoms with E-state index in [1.54, 1.807) is 18.2 Å². The first kappa shape index (κ1) is 18.7. The summed E-state index contributed by atoms with van der Waals surface area (Å²) in [5.41, 5.74) is 1.17. The first-order valence-electron chi connectivity index (χ1n) is 8.78. The summed E-state index contributed by atoms with van der Waals surface area (Å²) in [6.45, 7) is 2.23. The Morgan fingerprint density at radius 1 is 1.25 bits per heavy atom. The highest BCUT2D eigenvalue weighted by atomic mass is 19.1. The standard InChI is InChI=1S/C20H28FNO2/c1-4-24-19(23)14-7-15-5-8-16(9-6-15)20(22(2)3)17-10-12-18(21)13-11-17/h7,10-16,20H,4-6,8-9H2,1-3H3. The van der Waals surface area contributed by atoms with Crippen molar-refractivity contribution in [2.75, 3.05) is 20.7 Å². The highest BCUT2D eigenvalue weighted by Gasteiger charge is 2.29. The molecule has 132 valence electrons. The topological polar surface area (TPSA) is 29.5 Å². The Labute approximate surface area is 144 Å². The van der Waals surface area contributed by atoms with E-state index in [1.165, 1.54) is 5.56 Å². The van der Waals surface area contributed by atoms with Gasteiger partial charge in [0.25, 0.3) is 0 Å². The number of hydrogen-bond acceptors (Lipinski definition) is 3. The molecule has 0 bridgehead atoms. The Hall–Kier alpha value is -1.68. The van der Waals surface area contributed by atoms with Gasteiger partial charge in [-0.15, -0.1) is 0 Å². The van der Waals surface area contributed by atoms with E-state index in [-0.39, 0.29) is 11.8 Å². The molecule has 3 nitrogen and oxygen atoms in total. The van der Waals surface area contributed by atoms with E-state index in [2.05, 4.69) is 19.0 Å². The Bertz CT molecular complexity index is 545. The maximum Gasteiger partial charge on any atom is 0.330 e. The fourth-order valence-corrected chi connectivity index (χ4v) is 3.71. The molecule has 1 fully saturated rings. The number of halogens is 1. The van der Waals surface area contributed by atoms with E-state index in [0.717, 1.165) is 25.7 Å². The van der Waals surface area contributed by atoms with Gasteiger partial charge in [-0.1, -0.05) is 18.2 Å². The van der Waals surface area contributed by atoms with Gasteiger partial charge in [-0.2, -0.15) is 0 Å². The number of carbonyl (C=O) groups is 1. The minimum atomic E-state index is -0.253. The molecule has 1 aliphatic carbocycles. The van der Waals surface area contributed by atoms with Gasteiger partial charge in [0.2, 0.25) is 0 Å². The lowest BCUT2D eigenvalue weighted by Crippen LogP contribution is -2.30. The van der Waals surface area contributed by atoms with Crippen LogP contribution < -0.4 is 0 Å². The van der Waals surface area contributed by atoms with E-state index < -0.39 is 0 Å². The molecule has 24 heavy (non-hydrogen) atoms. The normalized spacial score (nSPS) is 22.7. The first-order valence-corrected chi connectivity index (χ1v) is 8.78. The van der Waals surface area contributed by atoms with E-state index >= 15 is 0 Å². The first-order chi connectivity index (χ1) is 11.5. The average Bonchev–Trinajstić information content (AvgIpc) is 2.56. The summed E-state index contributed by atoms with van der Waals surface area (Å²) < 4.78 is 18.1. The van der Waals surface area contributed by atoms with Crippen molar-refractivity contribution in [3.05, 3.63) is 47.8 Å². The summed E-state index contributed by atoms with van der Waals surface area (Å²) in [6, 6.07) is 7.18. The van der Waals surface area contributed by atoms with Crippen LogP contribution in [0.5, 0.6) is 0 Å². The molecule has 2 rings (SSSR count). The van der Waals surface area contributed by atoms with Gasteiger partial charge >= 0.3 is 5.97 Å². The Morgan fingerprint density at radius 3 is 2.42 bits per heavy atom. The maximum atomic E-state index is 13.2. The van der Waals surface area contributed by atoms with Gasteiger partial charge in [-0.05, 0) is 76.2 Å². The molecule has 1 unspecified atom stereocenters. The second-order valence-electron chi connectivity index (χ2n) is 6.75. The zero-order valence-corrected chi connectivity index (χ0v) is 14.9. The van der Waals surface area contributed by atoms with Crippen LogP contribution in [0, 0.1) is 17.7 Å². The van der Waals surface area contributed by atoms with Gasteiger partial charge in [0, 0.05) is 12.1 Å². The van der Waals surface area contributed by atoms with Crippen molar-refractivity contribution >= 4 is 5.97 Å². The number of rotatable bonds is 6. The van der Waals surface area contributed by atoms with Crippen LogP contribution in [-0.4, -0.2) is 31.6 Å². The second kappa shape index (κ2) is 8.97. The summed E-state index contributed by atoms with van der Waals surface area (Å²) in [5.74, 6) is 0.556. The van der Waals surface area contributed by atoms with Gasteiger partial charge in [0.15, 0.2) is 0 Å². The third kappa shape index (κ3) is 5.17. The lowest BCUT2D eigenvalue weighted by Gasteiger charge is -2.37. The van der Waals surface area contributed by atoms with Crippen molar-refractivity contribution in [1.82, 2.24) is 4.90 Å². The molecule has 0 saturated heterocycles. The SMILES string of the molecule is CCOC(=O)C=CC1CCC(C(c2ccc(F)cc2)N(C)C)CC1. The molecule has 0 heterocycles. The Morgan fingerprint density at radius 2 is 1.88 bits per heavy atom. The number of esters is 1. The number of hydrogen-bond donors (Lipinski definition) is 0. The zero-order valence-electron chi connectivity index (χ0n) is 14.9. The Kier molecular flexibility index (Phi) is 6.98. The lowest BCUT2D eigenvalue weighted by molar-refractivity contribution is -0.137. The van der Waals surface area contributed by atoms with E-state index in [1.807, 2.05) is 25.1 Å². The number of nitrogens with zero attached hydrogens (tertiary/aromatic N) is 1. The summed E-state index contributed by atoms with van der Waals surface area (Å²) in [5, 5.41) is 0. The van der Waals surface area contributed by atoms with Crippen molar-refractivity contribution in [1.29, 1.82) is 0 Å². The van der Waals surface area contributed by atoms with Crippen molar-refractivity contribution < 1.29 is 13.9 Å². The molecule has 1 aliphatic rings. The van der Waals surface area contributed by atoms with Crippen LogP contribution in [0.2, 0.25) is 0 Å². The van der Waals surface area contributed by atoms with Gasteiger partial charge in [-0.25, -0.2) is 9.18 Å². The average molecular weight is 333 g/mol. The van der Waals surface area contributed by atoms with Crippen LogP contribution in [-0.2, 0) is 9.53 Å². The highest BCUT2D eigenvalue weighted by molar-refractivity contribution is 5.81. The maximum absolute atomic E-state index is 13.2. The molecular weight excluding hydrogens is 305 g/mol. The molecule has 1 saturated carbocycles. The van der Waals surface area contributed by atoms with Gasteiger partial charge in [0.05, 0.1) is 6.61 Å². The molecule has 0 aliphatic heterocycles. The minimum Gasteiger partial charge on any atom is -0.463 e. The molecule has 0 aromatic heterocycles. The number of carbonyl (C=O) groups excluding carboxylic acids is 1. The summed E-state index contributed by atoms with van der Waals surface area (Å²) >= 11 is 0. The van der Waals surface area contributed by atoms with Crippen LogP contribution >= 0.6 is 0 Å². The van der Waals surface area contributed by atoms with Crippen LogP contribution in [0.25, 0.3) is 0 Å². The van der Waals surface area contributed by atoms with Crippen molar-refractivity contribution in [3.63, 3.8) is 0 Å². The van der Waals surface area contributed by atoms with E-state index in [9.17, 15) is 9.18 Å². The summed E-state index contributed by atoms with van der Waals surface area (Å²) in [4.78, 5) is 13.6. The molecule has 0 spiro atoms. The molecule has 1 aromatic rings. The predicted octanol–water partition coefficient (Wildman–Crippen LogP) is 4.35. The Balaban J connectivity index is 1.96. The van der Waals surface area contributed by atoms with Gasteiger partial charge in [0.1, 0.15) is 5.82 Å². The lowest BCUT2D eigenvalue weighted by atomic mass is 9.76. The summed E-state index contributed by atoms with van der Waals surface area (Å²) in [7, 11) is 4.17. The number of benzene rings is 1. The smallest absolute Gasteiger partial charge is 0.330 e. The van der Waals surface area contributed by atoms with E-state index in [4.69, 9.17) is 4.74 Å². The predicted molar refractivity (Wildman–Crippen MR) is 94.0 cm³/mol. The van der Waals surface area contributed by atoms with E-state index in [0.29, 0.717) is 24.5 Å². The number of ether oxygens (including phenoxy) is 1. The fraction of sp³-hybridized carbons (Fsp3) is 0.550. The molecular formula is C20H28FNO2. The summed E-state index contributed by atoms with van der Waals surface area (Å²) in [6.07, 6.45) is 7.93. The second-order valence-corrected chi connectivity index (χ2v) is 6.75. The van der Waals surface area contributed by atoms with Crippen LogP contribution in [0.15, 0.2) is 36.4 Å².